The van der Waals surface area contributed by atoms with Gasteiger partial charge in [0.2, 0.25) is 0 Å². The number of ether oxygens (including phenoxy) is 1. The van der Waals surface area contributed by atoms with Crippen LogP contribution >= 0.6 is 23.1 Å². The zero-order valence-electron chi connectivity index (χ0n) is 8.11. The standard InChI is InChI=1S/C8H12ClN3O2S/c9-2-5-14-4-1-3-10-8(13)7-6-15-12-11-7/h6H,1-5H2,(H,10,13). The van der Waals surface area contributed by atoms with Gasteiger partial charge in [-0.1, -0.05) is 4.49 Å². The van der Waals surface area contributed by atoms with Crippen LogP contribution in [0, 0.1) is 0 Å². The number of hydrogen-bond acceptors (Lipinski definition) is 5. The van der Waals surface area contributed by atoms with E-state index in [-0.39, 0.29) is 5.91 Å². The number of amides is 1. The first-order valence-corrected chi connectivity index (χ1v) is 5.90. The molecule has 0 saturated heterocycles. The number of carbonyl (C=O) groups excluding carboxylic acids is 1. The van der Waals surface area contributed by atoms with Gasteiger partial charge in [-0.05, 0) is 18.0 Å². The molecule has 0 fully saturated rings. The van der Waals surface area contributed by atoms with Crippen molar-refractivity contribution in [2.45, 2.75) is 6.42 Å². The molecule has 1 N–H and O–H groups in total. The van der Waals surface area contributed by atoms with E-state index in [4.69, 9.17) is 16.3 Å². The average Bonchev–Trinajstić information content (AvgIpc) is 2.76. The predicted octanol–water partition coefficient (Wildman–Crippen LogP) is 0.913. The molecule has 0 unspecified atom stereocenters. The van der Waals surface area contributed by atoms with Crippen LogP contribution < -0.4 is 5.32 Å². The maximum Gasteiger partial charge on any atom is 0.272 e. The Morgan fingerprint density at radius 2 is 2.47 bits per heavy atom. The van der Waals surface area contributed by atoms with E-state index in [9.17, 15) is 4.79 Å². The first kappa shape index (κ1) is 12.4. The van der Waals surface area contributed by atoms with Crippen molar-refractivity contribution in [3.05, 3.63) is 11.1 Å². The lowest BCUT2D eigenvalue weighted by molar-refractivity contribution is 0.0939. The summed E-state index contributed by atoms with van der Waals surface area (Å²) in [4.78, 5) is 11.3. The summed E-state index contributed by atoms with van der Waals surface area (Å²) in [6.45, 7) is 1.71. The lowest BCUT2D eigenvalue weighted by atomic mass is 10.4. The molecule has 0 aliphatic rings. The number of alkyl halides is 1. The molecule has 1 aromatic rings. The summed E-state index contributed by atoms with van der Waals surface area (Å²) in [6, 6.07) is 0. The lowest BCUT2D eigenvalue weighted by Gasteiger charge is -2.03. The third-order valence-corrected chi connectivity index (χ3v) is 2.22. The van der Waals surface area contributed by atoms with Crippen molar-refractivity contribution < 1.29 is 9.53 Å². The molecule has 0 bridgehead atoms. The van der Waals surface area contributed by atoms with Crippen molar-refractivity contribution in [3.8, 4) is 0 Å². The number of hydrogen-bond donors (Lipinski definition) is 1. The van der Waals surface area contributed by atoms with Crippen LogP contribution in [0.5, 0.6) is 0 Å². The van der Waals surface area contributed by atoms with Gasteiger partial charge in [-0.15, -0.1) is 16.7 Å². The van der Waals surface area contributed by atoms with Gasteiger partial charge in [0.05, 0.1) is 6.61 Å². The van der Waals surface area contributed by atoms with Gasteiger partial charge in [-0.3, -0.25) is 4.79 Å². The van der Waals surface area contributed by atoms with E-state index in [2.05, 4.69) is 14.9 Å². The van der Waals surface area contributed by atoms with Crippen molar-refractivity contribution in [1.29, 1.82) is 0 Å². The fourth-order valence-corrected chi connectivity index (χ4v) is 1.43. The fourth-order valence-electron chi connectivity index (χ4n) is 0.887. The largest absolute Gasteiger partial charge is 0.380 e. The summed E-state index contributed by atoms with van der Waals surface area (Å²) in [7, 11) is 0. The molecular formula is C8H12ClN3O2S. The highest BCUT2D eigenvalue weighted by Gasteiger charge is 2.06. The Labute approximate surface area is 96.9 Å². The van der Waals surface area contributed by atoms with Crippen molar-refractivity contribution >= 4 is 29.0 Å². The van der Waals surface area contributed by atoms with Gasteiger partial charge < -0.3 is 10.1 Å². The highest BCUT2D eigenvalue weighted by Crippen LogP contribution is 1.96. The molecule has 0 saturated carbocycles. The van der Waals surface area contributed by atoms with Gasteiger partial charge in [0.1, 0.15) is 0 Å². The van der Waals surface area contributed by atoms with E-state index in [0.29, 0.717) is 31.3 Å². The van der Waals surface area contributed by atoms with E-state index < -0.39 is 0 Å². The van der Waals surface area contributed by atoms with Gasteiger partial charge in [0, 0.05) is 24.4 Å². The minimum Gasteiger partial charge on any atom is -0.380 e. The Hall–Kier alpha value is -0.720. The Balaban J connectivity index is 2.03. The molecule has 0 radical (unpaired) electrons. The molecule has 0 aromatic carbocycles. The second-order valence-corrected chi connectivity index (χ2v) is 3.69. The van der Waals surface area contributed by atoms with E-state index in [0.717, 1.165) is 18.0 Å². The van der Waals surface area contributed by atoms with Crippen LogP contribution in [-0.2, 0) is 4.74 Å². The summed E-state index contributed by atoms with van der Waals surface area (Å²) in [6.07, 6.45) is 0.764. The van der Waals surface area contributed by atoms with Crippen molar-refractivity contribution in [2.24, 2.45) is 0 Å². The molecular weight excluding hydrogens is 238 g/mol. The molecule has 1 rings (SSSR count). The normalized spacial score (nSPS) is 10.2. The van der Waals surface area contributed by atoms with Crippen LogP contribution in [0.4, 0.5) is 0 Å². The summed E-state index contributed by atoms with van der Waals surface area (Å²) >= 11 is 6.58. The SMILES string of the molecule is O=C(NCCCOCCCl)c1csnn1. The minimum absolute atomic E-state index is 0.193. The van der Waals surface area contributed by atoms with Gasteiger partial charge in [-0.2, -0.15) is 0 Å². The first-order valence-electron chi connectivity index (χ1n) is 4.53. The Kier molecular flexibility index (Phi) is 6.22. The molecule has 5 nitrogen and oxygen atoms in total. The number of halogens is 1. The van der Waals surface area contributed by atoms with Gasteiger partial charge >= 0.3 is 0 Å². The second kappa shape index (κ2) is 7.56. The van der Waals surface area contributed by atoms with Gasteiger partial charge in [0.25, 0.3) is 5.91 Å². The molecule has 1 heterocycles. The molecule has 1 aromatic heterocycles. The van der Waals surface area contributed by atoms with Crippen LogP contribution in [0.15, 0.2) is 5.38 Å². The van der Waals surface area contributed by atoms with Crippen molar-refractivity contribution in [3.63, 3.8) is 0 Å². The van der Waals surface area contributed by atoms with E-state index in [1.165, 1.54) is 0 Å². The number of nitrogens with zero attached hydrogens (tertiary/aromatic N) is 2. The number of carbonyl (C=O) groups is 1. The lowest BCUT2D eigenvalue weighted by Crippen LogP contribution is -2.25. The number of rotatable bonds is 7. The molecule has 1 amide bonds. The average molecular weight is 250 g/mol. The van der Waals surface area contributed by atoms with E-state index in [1.54, 1.807) is 5.38 Å². The maximum absolute atomic E-state index is 11.3. The van der Waals surface area contributed by atoms with Gasteiger partial charge in [0.15, 0.2) is 5.69 Å². The van der Waals surface area contributed by atoms with Gasteiger partial charge in [-0.25, -0.2) is 0 Å². The Morgan fingerprint density at radius 1 is 1.60 bits per heavy atom. The zero-order chi connectivity index (χ0) is 10.9. The van der Waals surface area contributed by atoms with Crippen LogP contribution in [0.25, 0.3) is 0 Å². The smallest absolute Gasteiger partial charge is 0.272 e. The molecule has 84 valence electrons. The zero-order valence-corrected chi connectivity index (χ0v) is 9.68. The summed E-state index contributed by atoms with van der Waals surface area (Å²) in [5, 5.41) is 7.98. The summed E-state index contributed by atoms with van der Waals surface area (Å²) in [5.74, 6) is 0.303. The third kappa shape index (κ3) is 5.06. The minimum atomic E-state index is -0.193. The summed E-state index contributed by atoms with van der Waals surface area (Å²) in [5.41, 5.74) is 0.363. The highest BCUT2D eigenvalue weighted by atomic mass is 35.5. The topological polar surface area (TPSA) is 64.1 Å². The first-order chi connectivity index (χ1) is 7.34. The molecule has 7 heteroatoms. The second-order valence-electron chi connectivity index (χ2n) is 2.70. The number of nitrogens with one attached hydrogen (secondary N) is 1. The molecule has 0 atom stereocenters. The fraction of sp³-hybridized carbons (Fsp3) is 0.625. The number of aromatic nitrogens is 2. The quantitative estimate of drug-likeness (QED) is 0.576. The Morgan fingerprint density at radius 3 is 3.13 bits per heavy atom. The van der Waals surface area contributed by atoms with Crippen molar-refractivity contribution in [2.75, 3.05) is 25.6 Å². The van der Waals surface area contributed by atoms with Crippen LogP contribution in [0.3, 0.4) is 0 Å². The van der Waals surface area contributed by atoms with Crippen molar-refractivity contribution in [1.82, 2.24) is 14.9 Å². The molecule has 0 aliphatic heterocycles. The third-order valence-electron chi connectivity index (χ3n) is 1.57. The van der Waals surface area contributed by atoms with E-state index in [1.807, 2.05) is 0 Å². The summed E-state index contributed by atoms with van der Waals surface area (Å²) < 4.78 is 8.75. The maximum atomic E-state index is 11.3. The molecule has 15 heavy (non-hydrogen) atoms. The monoisotopic (exact) mass is 249 g/mol. The van der Waals surface area contributed by atoms with Crippen LogP contribution in [0.1, 0.15) is 16.9 Å². The predicted molar refractivity (Wildman–Crippen MR) is 58.4 cm³/mol. The van der Waals surface area contributed by atoms with Crippen LogP contribution in [-0.4, -0.2) is 41.1 Å². The molecule has 0 aliphatic carbocycles. The Bertz CT molecular complexity index is 281. The van der Waals surface area contributed by atoms with E-state index >= 15 is 0 Å². The molecule has 0 spiro atoms. The van der Waals surface area contributed by atoms with Crippen LogP contribution in [0.2, 0.25) is 0 Å². The highest BCUT2D eigenvalue weighted by molar-refractivity contribution is 7.03.